The highest BCUT2D eigenvalue weighted by Crippen LogP contribution is 2.26. The van der Waals surface area contributed by atoms with Crippen molar-refractivity contribution in [3.8, 4) is 0 Å². The molecule has 2 aromatic carbocycles. The number of urea groups is 1. The van der Waals surface area contributed by atoms with Crippen LogP contribution in [-0.2, 0) is 16.1 Å². The lowest BCUT2D eigenvalue weighted by Crippen LogP contribution is -2.53. The van der Waals surface area contributed by atoms with E-state index in [1.165, 1.54) is 11.3 Å². The van der Waals surface area contributed by atoms with E-state index in [1.54, 1.807) is 22.5 Å². The van der Waals surface area contributed by atoms with Crippen LogP contribution in [0.1, 0.15) is 5.56 Å². The zero-order chi connectivity index (χ0) is 23.2. The number of anilines is 1. The van der Waals surface area contributed by atoms with E-state index in [1.807, 2.05) is 52.7 Å². The first-order valence-corrected chi connectivity index (χ1v) is 11.4. The summed E-state index contributed by atoms with van der Waals surface area (Å²) in [5.41, 5.74) is 2.85. The molecule has 1 fully saturated rings. The van der Waals surface area contributed by atoms with Crippen molar-refractivity contribution in [2.45, 2.75) is 6.61 Å². The van der Waals surface area contributed by atoms with Gasteiger partial charge in [0.25, 0.3) is 0 Å². The zero-order valence-corrected chi connectivity index (χ0v) is 18.7. The number of nitrogens with one attached hydrogen (secondary N) is 1. The topological polar surface area (TPSA) is 102 Å². The Morgan fingerprint density at radius 2 is 1.79 bits per heavy atom. The van der Waals surface area contributed by atoms with Gasteiger partial charge in [0.1, 0.15) is 6.61 Å². The fraction of sp³-hybridized carbons (Fsp3) is 0.261. The van der Waals surface area contributed by atoms with Crippen LogP contribution < -0.4 is 10.4 Å². The molecule has 4 rings (SSSR count). The van der Waals surface area contributed by atoms with E-state index >= 15 is 0 Å². The van der Waals surface area contributed by atoms with E-state index in [0.29, 0.717) is 31.9 Å². The molecule has 1 aliphatic heterocycles. The summed E-state index contributed by atoms with van der Waals surface area (Å²) in [4.78, 5) is 42.0. The maximum atomic E-state index is 13.0. The summed E-state index contributed by atoms with van der Waals surface area (Å²) in [6, 6.07) is 15.7. The Labute approximate surface area is 194 Å². The summed E-state index contributed by atoms with van der Waals surface area (Å²) in [7, 11) is 0. The molecule has 0 unspecified atom stereocenters. The van der Waals surface area contributed by atoms with E-state index in [2.05, 4.69) is 0 Å². The Morgan fingerprint density at radius 3 is 2.52 bits per heavy atom. The maximum absolute atomic E-state index is 13.0. The third-order valence-electron chi connectivity index (χ3n) is 5.44. The summed E-state index contributed by atoms with van der Waals surface area (Å²) >= 11 is 1.50. The Morgan fingerprint density at radius 1 is 1.03 bits per heavy atom. The van der Waals surface area contributed by atoms with Gasteiger partial charge >= 0.3 is 12.1 Å². The minimum atomic E-state index is -0.918. The van der Waals surface area contributed by atoms with E-state index in [0.717, 1.165) is 20.5 Å². The number of fused-ring (bicyclic) bond motifs is 1. The number of hydroxylamine groups is 1. The predicted octanol–water partition coefficient (Wildman–Crippen LogP) is 3.29. The molecule has 1 aromatic heterocycles. The van der Waals surface area contributed by atoms with E-state index in [4.69, 9.17) is 9.94 Å². The summed E-state index contributed by atoms with van der Waals surface area (Å²) < 4.78 is 6.30. The third-order valence-corrected chi connectivity index (χ3v) is 6.32. The van der Waals surface area contributed by atoms with E-state index < -0.39 is 18.0 Å². The van der Waals surface area contributed by atoms with Crippen molar-refractivity contribution in [3.05, 3.63) is 65.5 Å². The average Bonchev–Trinajstić information content (AvgIpc) is 3.32. The van der Waals surface area contributed by atoms with E-state index in [9.17, 15) is 14.4 Å². The van der Waals surface area contributed by atoms with Gasteiger partial charge in [-0.05, 0) is 34.5 Å². The van der Waals surface area contributed by atoms with Crippen molar-refractivity contribution in [1.82, 2.24) is 15.3 Å². The fourth-order valence-electron chi connectivity index (χ4n) is 3.67. The van der Waals surface area contributed by atoms with Crippen molar-refractivity contribution in [2.24, 2.45) is 0 Å². The standard InChI is InChI=1S/C23H24N4O5S/c28-21(27(22(29)24-31)19-7-6-18-8-13-33-20(18)14-19)15-25-9-11-26(12-10-25)23(30)32-16-17-4-2-1-3-5-17/h1-8,13-14,31H,9-12,15-16H2,(H,24,29). The molecule has 0 aliphatic carbocycles. The van der Waals surface area contributed by atoms with Gasteiger partial charge in [-0.15, -0.1) is 11.3 Å². The Balaban J connectivity index is 1.33. The highest BCUT2D eigenvalue weighted by atomic mass is 32.1. The minimum absolute atomic E-state index is 0.0250. The summed E-state index contributed by atoms with van der Waals surface area (Å²) in [5.74, 6) is -0.474. The average molecular weight is 469 g/mol. The second-order valence-corrected chi connectivity index (χ2v) is 8.54. The van der Waals surface area contributed by atoms with Gasteiger partial charge in [-0.25, -0.2) is 20.0 Å². The smallest absolute Gasteiger partial charge is 0.410 e. The molecule has 33 heavy (non-hydrogen) atoms. The molecule has 0 spiro atoms. The lowest BCUT2D eigenvalue weighted by Gasteiger charge is -2.34. The Bertz CT molecular complexity index is 1130. The van der Waals surface area contributed by atoms with Gasteiger partial charge in [0.05, 0.1) is 12.2 Å². The van der Waals surface area contributed by atoms with Crippen LogP contribution in [0.15, 0.2) is 60.0 Å². The largest absolute Gasteiger partial charge is 0.445 e. The lowest BCUT2D eigenvalue weighted by molar-refractivity contribution is -0.119. The van der Waals surface area contributed by atoms with Crippen LogP contribution in [0.2, 0.25) is 0 Å². The number of rotatable bonds is 5. The highest BCUT2D eigenvalue weighted by Gasteiger charge is 2.28. The molecule has 10 heteroatoms. The van der Waals surface area contributed by atoms with Crippen LogP contribution in [0.5, 0.6) is 0 Å². The van der Waals surface area contributed by atoms with Crippen LogP contribution in [0.25, 0.3) is 10.1 Å². The number of amides is 4. The zero-order valence-electron chi connectivity index (χ0n) is 17.8. The van der Waals surface area contributed by atoms with Crippen LogP contribution in [0.4, 0.5) is 15.3 Å². The Kier molecular flexibility index (Phi) is 7.18. The maximum Gasteiger partial charge on any atom is 0.410 e. The quantitative estimate of drug-likeness (QED) is 0.440. The molecule has 3 aromatic rings. The minimum Gasteiger partial charge on any atom is -0.445 e. The van der Waals surface area contributed by atoms with Gasteiger partial charge in [-0.2, -0.15) is 0 Å². The first-order chi connectivity index (χ1) is 16.0. The normalized spacial score (nSPS) is 14.2. The third kappa shape index (κ3) is 5.48. The molecule has 0 atom stereocenters. The molecule has 0 bridgehead atoms. The molecule has 2 heterocycles. The van der Waals surface area contributed by atoms with Crippen LogP contribution >= 0.6 is 11.3 Å². The van der Waals surface area contributed by atoms with Crippen molar-refractivity contribution in [3.63, 3.8) is 0 Å². The first-order valence-electron chi connectivity index (χ1n) is 10.5. The summed E-state index contributed by atoms with van der Waals surface area (Å²) in [6.45, 7) is 1.93. The SMILES string of the molecule is O=C(OCc1ccccc1)N1CCN(CC(=O)N(C(=O)NO)c2ccc3ccsc3c2)CC1. The number of ether oxygens (including phenoxy) is 1. The molecule has 0 radical (unpaired) electrons. The van der Waals surface area contributed by atoms with Gasteiger partial charge in [0.15, 0.2) is 0 Å². The van der Waals surface area contributed by atoms with Gasteiger partial charge < -0.3 is 9.64 Å². The molecule has 1 aliphatic rings. The number of hydrogen-bond acceptors (Lipinski definition) is 7. The molecular weight excluding hydrogens is 444 g/mol. The fourth-order valence-corrected chi connectivity index (χ4v) is 4.49. The molecule has 4 amide bonds. The molecule has 172 valence electrons. The second-order valence-electron chi connectivity index (χ2n) is 7.59. The van der Waals surface area contributed by atoms with Crippen molar-refractivity contribution < 1.29 is 24.3 Å². The van der Waals surface area contributed by atoms with Crippen molar-refractivity contribution in [2.75, 3.05) is 37.6 Å². The molecule has 0 saturated carbocycles. The summed E-state index contributed by atoms with van der Waals surface area (Å²) in [6.07, 6.45) is -0.393. The van der Waals surface area contributed by atoms with Gasteiger partial charge in [0.2, 0.25) is 5.91 Å². The number of carbonyl (C=O) groups is 3. The Hall–Kier alpha value is -3.47. The van der Waals surface area contributed by atoms with Gasteiger partial charge in [-0.3, -0.25) is 14.9 Å². The molecule has 9 nitrogen and oxygen atoms in total. The number of thiophene rings is 1. The first kappa shape index (κ1) is 22.7. The second kappa shape index (κ2) is 10.4. The number of carbonyl (C=O) groups excluding carboxylic acids is 3. The molecule has 1 saturated heterocycles. The van der Waals surface area contributed by atoms with Crippen LogP contribution in [0.3, 0.4) is 0 Å². The van der Waals surface area contributed by atoms with Gasteiger partial charge in [0, 0.05) is 30.9 Å². The number of piperazine rings is 1. The number of nitrogens with zero attached hydrogens (tertiary/aromatic N) is 3. The number of imide groups is 1. The highest BCUT2D eigenvalue weighted by molar-refractivity contribution is 7.17. The molecular formula is C23H24N4O5S. The monoisotopic (exact) mass is 468 g/mol. The van der Waals surface area contributed by atoms with E-state index in [-0.39, 0.29) is 13.2 Å². The van der Waals surface area contributed by atoms with Crippen LogP contribution in [0, 0.1) is 0 Å². The number of hydrogen-bond donors (Lipinski definition) is 2. The van der Waals surface area contributed by atoms with Crippen molar-refractivity contribution in [1.29, 1.82) is 0 Å². The van der Waals surface area contributed by atoms with Crippen molar-refractivity contribution >= 4 is 45.1 Å². The number of benzene rings is 2. The lowest BCUT2D eigenvalue weighted by atomic mass is 10.2. The van der Waals surface area contributed by atoms with Crippen LogP contribution in [-0.4, -0.2) is 65.8 Å². The molecule has 2 N–H and O–H groups in total. The van der Waals surface area contributed by atoms with Gasteiger partial charge in [-0.1, -0.05) is 36.4 Å². The summed E-state index contributed by atoms with van der Waals surface area (Å²) in [5, 5.41) is 12.1. The predicted molar refractivity (Wildman–Crippen MR) is 124 cm³/mol.